The van der Waals surface area contributed by atoms with Crippen LogP contribution in [0.4, 0.5) is 5.88 Å². The number of halogens is 1. The van der Waals surface area contributed by atoms with E-state index in [2.05, 4.69) is 5.16 Å². The number of nitrogens with zero attached hydrogens (tertiary/aromatic N) is 1. The average Bonchev–Trinajstić information content (AvgIpc) is 2.97. The van der Waals surface area contributed by atoms with E-state index in [1.165, 1.54) is 7.11 Å². The molecule has 1 aromatic carbocycles. The van der Waals surface area contributed by atoms with Gasteiger partial charge in [-0.15, -0.1) is 0 Å². The molecule has 2 heterocycles. The molecule has 3 rings (SSSR count). The minimum Gasteiger partial charge on any atom is -0.494 e. The Balaban J connectivity index is 2.23. The quantitative estimate of drug-likeness (QED) is 0.900. The smallest absolute Gasteiger partial charge is 0.231 e. The summed E-state index contributed by atoms with van der Waals surface area (Å²) in [5.41, 5.74) is 6.65. The van der Waals surface area contributed by atoms with Crippen molar-refractivity contribution < 1.29 is 18.7 Å². The highest BCUT2D eigenvalue weighted by Gasteiger charge is 2.25. The van der Waals surface area contributed by atoms with Crippen molar-refractivity contribution in [2.75, 3.05) is 19.6 Å². The molecule has 0 saturated carbocycles. The van der Waals surface area contributed by atoms with Gasteiger partial charge in [0.2, 0.25) is 12.7 Å². The lowest BCUT2D eigenvalue weighted by Crippen LogP contribution is -1.93. The molecule has 0 amide bonds. The largest absolute Gasteiger partial charge is 0.494 e. The first-order valence-electron chi connectivity index (χ1n) is 5.09. The van der Waals surface area contributed by atoms with Crippen molar-refractivity contribution in [3.05, 3.63) is 17.2 Å². The van der Waals surface area contributed by atoms with Crippen LogP contribution in [0, 0.1) is 0 Å². The van der Waals surface area contributed by atoms with Gasteiger partial charge in [0.25, 0.3) is 0 Å². The standard InChI is InChI=1S/C11H9ClN2O4/c1-15-10-5(6-3-8(13)18-14-6)2-7-11(9(10)12)17-4-16-7/h2-3H,4,13H2,1H3. The maximum Gasteiger partial charge on any atom is 0.231 e. The third kappa shape index (κ3) is 1.53. The maximum absolute atomic E-state index is 6.20. The highest BCUT2D eigenvalue weighted by molar-refractivity contribution is 6.34. The summed E-state index contributed by atoms with van der Waals surface area (Å²) < 4.78 is 20.7. The molecule has 1 aliphatic rings. The summed E-state index contributed by atoms with van der Waals surface area (Å²) in [6, 6.07) is 3.31. The van der Waals surface area contributed by atoms with E-state index in [9.17, 15) is 0 Å². The fourth-order valence-electron chi connectivity index (χ4n) is 1.79. The zero-order chi connectivity index (χ0) is 12.7. The lowest BCUT2D eigenvalue weighted by atomic mass is 10.1. The summed E-state index contributed by atoms with van der Waals surface area (Å²) in [5.74, 6) is 1.65. The highest BCUT2D eigenvalue weighted by Crippen LogP contribution is 2.49. The van der Waals surface area contributed by atoms with Gasteiger partial charge in [0.15, 0.2) is 17.2 Å². The van der Waals surface area contributed by atoms with Crippen LogP contribution in [0.25, 0.3) is 11.3 Å². The zero-order valence-corrected chi connectivity index (χ0v) is 10.2. The van der Waals surface area contributed by atoms with Crippen LogP contribution in [0.3, 0.4) is 0 Å². The van der Waals surface area contributed by atoms with Gasteiger partial charge in [0.1, 0.15) is 10.7 Å². The molecule has 1 aliphatic heterocycles. The molecule has 0 spiro atoms. The number of hydrogen-bond donors (Lipinski definition) is 1. The van der Waals surface area contributed by atoms with Gasteiger partial charge in [-0.1, -0.05) is 16.8 Å². The molecule has 0 fully saturated rings. The van der Waals surface area contributed by atoms with Crippen molar-refractivity contribution in [3.63, 3.8) is 0 Å². The van der Waals surface area contributed by atoms with E-state index in [0.717, 1.165) is 0 Å². The molecular formula is C11H9ClN2O4. The number of fused-ring (bicyclic) bond motifs is 1. The van der Waals surface area contributed by atoms with Crippen molar-refractivity contribution in [1.29, 1.82) is 0 Å². The van der Waals surface area contributed by atoms with E-state index < -0.39 is 0 Å². The Morgan fingerprint density at radius 2 is 2.22 bits per heavy atom. The van der Waals surface area contributed by atoms with Gasteiger partial charge in [-0.3, -0.25) is 0 Å². The maximum atomic E-state index is 6.20. The van der Waals surface area contributed by atoms with Gasteiger partial charge >= 0.3 is 0 Å². The molecule has 2 N–H and O–H groups in total. The number of hydrogen-bond acceptors (Lipinski definition) is 6. The number of ether oxygens (including phenoxy) is 3. The van der Waals surface area contributed by atoms with Crippen LogP contribution in [0.5, 0.6) is 17.2 Å². The van der Waals surface area contributed by atoms with Crippen molar-refractivity contribution in [1.82, 2.24) is 5.16 Å². The Bertz CT molecular complexity index is 611. The van der Waals surface area contributed by atoms with Gasteiger partial charge in [-0.25, -0.2) is 0 Å². The number of rotatable bonds is 2. The first kappa shape index (κ1) is 11.0. The van der Waals surface area contributed by atoms with Crippen LogP contribution < -0.4 is 19.9 Å². The van der Waals surface area contributed by atoms with E-state index in [1.54, 1.807) is 12.1 Å². The van der Waals surface area contributed by atoms with Gasteiger partial charge in [0.05, 0.1) is 12.7 Å². The van der Waals surface area contributed by atoms with Gasteiger partial charge in [-0.2, -0.15) is 0 Å². The predicted octanol–water partition coefficient (Wildman–Crippen LogP) is 2.31. The minimum atomic E-state index is 0.128. The summed E-state index contributed by atoms with van der Waals surface area (Å²) in [6.45, 7) is 0.128. The Morgan fingerprint density at radius 3 is 2.89 bits per heavy atom. The summed E-state index contributed by atoms with van der Waals surface area (Å²) >= 11 is 6.20. The molecule has 0 bridgehead atoms. The molecule has 0 atom stereocenters. The molecule has 1 aromatic heterocycles. The van der Waals surface area contributed by atoms with Crippen LogP contribution in [0.1, 0.15) is 0 Å². The fraction of sp³-hybridized carbons (Fsp3) is 0.182. The lowest BCUT2D eigenvalue weighted by Gasteiger charge is -2.10. The van der Waals surface area contributed by atoms with Crippen molar-refractivity contribution in [2.45, 2.75) is 0 Å². The Morgan fingerprint density at radius 1 is 1.39 bits per heavy atom. The Kier molecular flexibility index (Phi) is 2.45. The van der Waals surface area contributed by atoms with Crippen LogP contribution in [-0.2, 0) is 0 Å². The van der Waals surface area contributed by atoms with E-state index >= 15 is 0 Å². The minimum absolute atomic E-state index is 0.128. The molecule has 0 aliphatic carbocycles. The third-order valence-corrected chi connectivity index (χ3v) is 2.91. The fourth-order valence-corrected chi connectivity index (χ4v) is 2.12. The van der Waals surface area contributed by atoms with E-state index in [0.29, 0.717) is 33.5 Å². The first-order chi connectivity index (χ1) is 8.70. The van der Waals surface area contributed by atoms with E-state index in [4.69, 9.17) is 36.1 Å². The normalized spacial score (nSPS) is 12.8. The first-order valence-corrected chi connectivity index (χ1v) is 5.47. The second-order valence-electron chi connectivity index (χ2n) is 3.62. The SMILES string of the molecule is COc1c(-c2cc(N)on2)cc2c(c1Cl)OCO2. The van der Waals surface area contributed by atoms with Crippen LogP contribution in [0.2, 0.25) is 5.02 Å². The number of benzene rings is 1. The second kappa shape index (κ2) is 3.99. The van der Waals surface area contributed by atoms with Gasteiger partial charge in [0, 0.05) is 6.07 Å². The molecule has 0 unspecified atom stereocenters. The van der Waals surface area contributed by atoms with Gasteiger partial charge < -0.3 is 24.5 Å². The Labute approximate surface area is 107 Å². The number of aromatic nitrogens is 1. The molecule has 7 heteroatoms. The number of nitrogen functional groups attached to an aromatic ring is 1. The highest BCUT2D eigenvalue weighted by atomic mass is 35.5. The summed E-state index contributed by atoms with van der Waals surface area (Å²) in [4.78, 5) is 0. The van der Waals surface area contributed by atoms with E-state index in [1.807, 2.05) is 0 Å². The van der Waals surface area contributed by atoms with Crippen molar-refractivity contribution in [3.8, 4) is 28.5 Å². The molecule has 18 heavy (non-hydrogen) atoms. The average molecular weight is 269 g/mol. The van der Waals surface area contributed by atoms with Crippen LogP contribution in [-0.4, -0.2) is 19.1 Å². The molecular weight excluding hydrogens is 260 g/mol. The van der Waals surface area contributed by atoms with Crippen LogP contribution >= 0.6 is 11.6 Å². The van der Waals surface area contributed by atoms with Gasteiger partial charge in [-0.05, 0) is 6.07 Å². The number of nitrogens with two attached hydrogens (primary N) is 1. The summed E-state index contributed by atoms with van der Waals surface area (Å²) in [6.07, 6.45) is 0. The summed E-state index contributed by atoms with van der Waals surface area (Å²) in [5, 5.41) is 4.16. The predicted molar refractivity (Wildman–Crippen MR) is 64.0 cm³/mol. The molecule has 0 radical (unpaired) electrons. The Hall–Kier alpha value is -2.08. The monoisotopic (exact) mass is 268 g/mol. The molecule has 6 nitrogen and oxygen atoms in total. The third-order valence-electron chi connectivity index (χ3n) is 2.57. The molecule has 0 saturated heterocycles. The molecule has 94 valence electrons. The number of anilines is 1. The van der Waals surface area contributed by atoms with Crippen molar-refractivity contribution in [2.24, 2.45) is 0 Å². The van der Waals surface area contributed by atoms with Crippen LogP contribution in [0.15, 0.2) is 16.7 Å². The number of methoxy groups -OCH3 is 1. The molecule has 2 aromatic rings. The second-order valence-corrected chi connectivity index (χ2v) is 4.00. The van der Waals surface area contributed by atoms with Crippen molar-refractivity contribution >= 4 is 17.5 Å². The van der Waals surface area contributed by atoms with E-state index in [-0.39, 0.29) is 12.7 Å². The lowest BCUT2D eigenvalue weighted by molar-refractivity contribution is 0.174. The zero-order valence-electron chi connectivity index (χ0n) is 9.40. The topological polar surface area (TPSA) is 79.7 Å². The summed E-state index contributed by atoms with van der Waals surface area (Å²) in [7, 11) is 1.51.